The summed E-state index contributed by atoms with van der Waals surface area (Å²) in [5.74, 6) is 1.63. The van der Waals surface area contributed by atoms with E-state index in [1.807, 2.05) is 29.2 Å². The molecule has 0 spiro atoms. The number of para-hydroxylation sites is 1. The van der Waals surface area contributed by atoms with Crippen LogP contribution in [0.4, 0.5) is 17.5 Å². The van der Waals surface area contributed by atoms with Crippen molar-refractivity contribution in [2.24, 2.45) is 0 Å². The number of rotatable bonds is 4. The zero-order valence-corrected chi connectivity index (χ0v) is 14.2. The molecular formula is C18H23N5O. The van der Waals surface area contributed by atoms with Crippen molar-refractivity contribution in [2.45, 2.75) is 20.3 Å². The van der Waals surface area contributed by atoms with Crippen molar-refractivity contribution in [2.75, 3.05) is 36.4 Å². The van der Waals surface area contributed by atoms with Gasteiger partial charge in [0.2, 0.25) is 11.9 Å². The van der Waals surface area contributed by atoms with E-state index in [2.05, 4.69) is 33.2 Å². The van der Waals surface area contributed by atoms with Crippen LogP contribution in [0, 0.1) is 0 Å². The first-order chi connectivity index (χ1) is 11.7. The quantitative estimate of drug-likeness (QED) is 0.935. The van der Waals surface area contributed by atoms with Gasteiger partial charge in [-0.05, 0) is 24.1 Å². The van der Waals surface area contributed by atoms with Crippen molar-refractivity contribution in [3.05, 3.63) is 42.1 Å². The molecule has 6 nitrogen and oxygen atoms in total. The van der Waals surface area contributed by atoms with Gasteiger partial charge in [0.05, 0.1) is 0 Å². The Bertz CT molecular complexity index is 710. The number of carbonyl (C=O) groups excluding carboxylic acids is 1. The Balaban J connectivity index is 1.72. The molecule has 1 saturated heterocycles. The normalized spacial score (nSPS) is 14.6. The molecule has 1 aliphatic rings. The standard InChI is InChI=1S/C18H23N5O/c1-3-15-6-4-5-7-16(15)20-18-19-9-8-17(21-18)23-12-10-22(11-13-23)14(2)24/h4-9H,3,10-13H2,1-2H3,(H,19,20,21). The van der Waals surface area contributed by atoms with Crippen LogP contribution in [0.1, 0.15) is 19.4 Å². The summed E-state index contributed by atoms with van der Waals surface area (Å²) in [6.45, 7) is 6.81. The lowest BCUT2D eigenvalue weighted by molar-refractivity contribution is -0.129. The van der Waals surface area contributed by atoms with E-state index in [0.29, 0.717) is 5.95 Å². The average Bonchev–Trinajstić information content (AvgIpc) is 2.62. The van der Waals surface area contributed by atoms with Gasteiger partial charge in [0, 0.05) is 45.0 Å². The molecular weight excluding hydrogens is 302 g/mol. The molecule has 2 heterocycles. The summed E-state index contributed by atoms with van der Waals surface area (Å²) < 4.78 is 0. The van der Waals surface area contributed by atoms with Crippen LogP contribution >= 0.6 is 0 Å². The highest BCUT2D eigenvalue weighted by molar-refractivity contribution is 5.73. The number of nitrogens with one attached hydrogen (secondary N) is 1. The third kappa shape index (κ3) is 3.64. The largest absolute Gasteiger partial charge is 0.353 e. The molecule has 1 aromatic heterocycles. The van der Waals surface area contributed by atoms with Crippen LogP contribution in [0.5, 0.6) is 0 Å². The van der Waals surface area contributed by atoms with Crippen molar-refractivity contribution < 1.29 is 4.79 Å². The number of carbonyl (C=O) groups is 1. The third-order valence-corrected chi connectivity index (χ3v) is 4.33. The second-order valence-corrected chi connectivity index (χ2v) is 5.87. The fourth-order valence-electron chi connectivity index (χ4n) is 2.91. The zero-order valence-electron chi connectivity index (χ0n) is 14.2. The van der Waals surface area contributed by atoms with E-state index in [0.717, 1.165) is 44.1 Å². The fourth-order valence-corrected chi connectivity index (χ4v) is 2.91. The number of amides is 1. The van der Waals surface area contributed by atoms with E-state index >= 15 is 0 Å². The number of hydrogen-bond donors (Lipinski definition) is 1. The van der Waals surface area contributed by atoms with Gasteiger partial charge in [0.15, 0.2) is 0 Å². The van der Waals surface area contributed by atoms with Crippen molar-refractivity contribution in [3.63, 3.8) is 0 Å². The lowest BCUT2D eigenvalue weighted by Crippen LogP contribution is -2.48. The number of aryl methyl sites for hydroxylation is 1. The van der Waals surface area contributed by atoms with Crippen LogP contribution in [0.3, 0.4) is 0 Å². The first kappa shape index (κ1) is 16.2. The number of benzene rings is 1. The van der Waals surface area contributed by atoms with Crippen LogP contribution in [0.25, 0.3) is 0 Å². The van der Waals surface area contributed by atoms with E-state index in [9.17, 15) is 4.79 Å². The maximum absolute atomic E-state index is 11.4. The molecule has 0 atom stereocenters. The van der Waals surface area contributed by atoms with Crippen LogP contribution in [-0.2, 0) is 11.2 Å². The molecule has 0 saturated carbocycles. The molecule has 1 N–H and O–H groups in total. The highest BCUT2D eigenvalue weighted by Crippen LogP contribution is 2.21. The van der Waals surface area contributed by atoms with Gasteiger partial charge in [-0.1, -0.05) is 25.1 Å². The van der Waals surface area contributed by atoms with Gasteiger partial charge in [-0.15, -0.1) is 0 Å². The molecule has 1 aromatic carbocycles. The summed E-state index contributed by atoms with van der Waals surface area (Å²) in [5.41, 5.74) is 2.28. The first-order valence-corrected chi connectivity index (χ1v) is 8.36. The summed E-state index contributed by atoms with van der Waals surface area (Å²) in [5, 5.41) is 3.32. The topological polar surface area (TPSA) is 61.4 Å². The summed E-state index contributed by atoms with van der Waals surface area (Å²) in [6, 6.07) is 10.1. The van der Waals surface area contributed by atoms with Crippen LogP contribution in [0.15, 0.2) is 36.5 Å². The zero-order chi connectivity index (χ0) is 16.9. The van der Waals surface area contributed by atoms with Gasteiger partial charge in [-0.2, -0.15) is 4.98 Å². The fraction of sp³-hybridized carbons (Fsp3) is 0.389. The van der Waals surface area contributed by atoms with E-state index < -0.39 is 0 Å². The van der Waals surface area contributed by atoms with Gasteiger partial charge in [0.1, 0.15) is 5.82 Å². The van der Waals surface area contributed by atoms with Gasteiger partial charge in [-0.3, -0.25) is 4.79 Å². The molecule has 24 heavy (non-hydrogen) atoms. The molecule has 0 aliphatic carbocycles. The Morgan fingerprint density at radius 3 is 2.62 bits per heavy atom. The lowest BCUT2D eigenvalue weighted by atomic mass is 10.1. The maximum atomic E-state index is 11.4. The summed E-state index contributed by atoms with van der Waals surface area (Å²) in [4.78, 5) is 24.5. The van der Waals surface area contributed by atoms with Crippen LogP contribution < -0.4 is 10.2 Å². The SMILES string of the molecule is CCc1ccccc1Nc1nccc(N2CCN(C(C)=O)CC2)n1. The van der Waals surface area contributed by atoms with Crippen molar-refractivity contribution >= 4 is 23.4 Å². The predicted octanol–water partition coefficient (Wildman–Crippen LogP) is 2.45. The molecule has 0 radical (unpaired) electrons. The average molecular weight is 325 g/mol. The Labute approximate surface area is 142 Å². The number of aromatic nitrogens is 2. The Morgan fingerprint density at radius 1 is 1.17 bits per heavy atom. The Hall–Kier alpha value is -2.63. The molecule has 0 unspecified atom stereocenters. The highest BCUT2D eigenvalue weighted by atomic mass is 16.2. The molecule has 126 valence electrons. The summed E-state index contributed by atoms with van der Waals surface area (Å²) >= 11 is 0. The molecule has 1 amide bonds. The second-order valence-electron chi connectivity index (χ2n) is 5.87. The van der Waals surface area contributed by atoms with Crippen molar-refractivity contribution in [1.29, 1.82) is 0 Å². The van der Waals surface area contributed by atoms with Crippen molar-refractivity contribution in [3.8, 4) is 0 Å². The molecule has 3 rings (SSSR count). The minimum Gasteiger partial charge on any atom is -0.353 e. The third-order valence-electron chi connectivity index (χ3n) is 4.33. The van der Waals surface area contributed by atoms with E-state index in [-0.39, 0.29) is 5.91 Å². The van der Waals surface area contributed by atoms with Gasteiger partial charge < -0.3 is 15.1 Å². The number of nitrogens with zero attached hydrogens (tertiary/aromatic N) is 4. The van der Waals surface area contributed by atoms with Crippen LogP contribution in [0.2, 0.25) is 0 Å². The number of hydrogen-bond acceptors (Lipinski definition) is 5. The number of piperazine rings is 1. The monoisotopic (exact) mass is 325 g/mol. The van der Waals surface area contributed by atoms with Gasteiger partial charge >= 0.3 is 0 Å². The van der Waals surface area contributed by atoms with Gasteiger partial charge in [0.25, 0.3) is 0 Å². The number of anilines is 3. The molecule has 1 fully saturated rings. The second kappa shape index (κ2) is 7.29. The van der Waals surface area contributed by atoms with Gasteiger partial charge in [-0.25, -0.2) is 4.98 Å². The summed E-state index contributed by atoms with van der Waals surface area (Å²) in [7, 11) is 0. The minimum absolute atomic E-state index is 0.135. The van der Waals surface area contributed by atoms with Crippen molar-refractivity contribution in [1.82, 2.24) is 14.9 Å². The summed E-state index contributed by atoms with van der Waals surface area (Å²) in [6.07, 6.45) is 2.73. The van der Waals surface area contributed by atoms with Crippen LogP contribution in [-0.4, -0.2) is 47.0 Å². The maximum Gasteiger partial charge on any atom is 0.229 e. The van der Waals surface area contributed by atoms with E-state index in [1.165, 1.54) is 5.56 Å². The Kier molecular flexibility index (Phi) is 4.93. The highest BCUT2D eigenvalue weighted by Gasteiger charge is 2.19. The Morgan fingerprint density at radius 2 is 1.92 bits per heavy atom. The molecule has 1 aliphatic heterocycles. The van der Waals surface area contributed by atoms with E-state index in [1.54, 1.807) is 13.1 Å². The predicted molar refractivity (Wildman–Crippen MR) is 95.6 cm³/mol. The minimum atomic E-state index is 0.135. The molecule has 2 aromatic rings. The smallest absolute Gasteiger partial charge is 0.229 e. The van der Waals surface area contributed by atoms with E-state index in [4.69, 9.17) is 0 Å². The molecule has 0 bridgehead atoms. The lowest BCUT2D eigenvalue weighted by Gasteiger charge is -2.34. The molecule has 6 heteroatoms. The first-order valence-electron chi connectivity index (χ1n) is 8.36.